The van der Waals surface area contributed by atoms with E-state index in [4.69, 9.17) is 0 Å². The van der Waals surface area contributed by atoms with E-state index in [0.717, 1.165) is 43.3 Å². The zero-order chi connectivity index (χ0) is 15.5. The van der Waals surface area contributed by atoms with E-state index in [1.807, 2.05) is 13.0 Å². The second-order valence-corrected chi connectivity index (χ2v) is 5.60. The van der Waals surface area contributed by atoms with Gasteiger partial charge in [-0.25, -0.2) is 14.6 Å². The summed E-state index contributed by atoms with van der Waals surface area (Å²) in [6, 6.07) is 5.72. The number of aromatic nitrogens is 4. The molecule has 0 saturated carbocycles. The molecule has 0 radical (unpaired) electrons. The van der Waals surface area contributed by atoms with E-state index in [1.165, 1.54) is 4.68 Å². The Morgan fingerprint density at radius 3 is 2.68 bits per heavy atom. The van der Waals surface area contributed by atoms with Crippen molar-refractivity contribution in [3.8, 4) is 0 Å². The summed E-state index contributed by atoms with van der Waals surface area (Å²) in [6.07, 6.45) is 3.60. The van der Waals surface area contributed by atoms with Gasteiger partial charge in [0.05, 0.1) is 0 Å². The molecular formula is C15H20N6O. The first-order valence-electron chi connectivity index (χ1n) is 7.46. The largest absolute Gasteiger partial charge is 0.367 e. The van der Waals surface area contributed by atoms with Crippen LogP contribution in [0.15, 0.2) is 29.3 Å². The number of hydrogen-bond acceptors (Lipinski definition) is 6. The highest BCUT2D eigenvalue weighted by Gasteiger charge is 2.20. The monoisotopic (exact) mass is 300 g/mol. The van der Waals surface area contributed by atoms with Crippen LogP contribution < -0.4 is 15.8 Å². The number of aryl methyl sites for hydroxylation is 2. The maximum absolute atomic E-state index is 11.4. The smallest absolute Gasteiger partial charge is 0.266 e. The summed E-state index contributed by atoms with van der Waals surface area (Å²) in [5.41, 5.74) is 0.878. The summed E-state index contributed by atoms with van der Waals surface area (Å²) >= 11 is 0. The normalized spacial score (nSPS) is 15.8. The standard InChI is InChI=1S/C15H20N6O/c1-11-9-13(17-10-16-11)18-12-5-7-21(8-6-12)14-3-4-15(22)20(2)19-14/h3-4,9-10,12H,5-8H2,1-2H3,(H,16,17,18). The summed E-state index contributed by atoms with van der Waals surface area (Å²) in [5.74, 6) is 1.74. The number of hydrogen-bond donors (Lipinski definition) is 1. The number of nitrogens with one attached hydrogen (secondary N) is 1. The fraction of sp³-hybridized carbons (Fsp3) is 0.467. The van der Waals surface area contributed by atoms with Crippen molar-refractivity contribution < 1.29 is 0 Å². The van der Waals surface area contributed by atoms with Crippen LogP contribution in [0.1, 0.15) is 18.5 Å². The van der Waals surface area contributed by atoms with Gasteiger partial charge in [-0.15, -0.1) is 0 Å². The molecule has 2 aromatic heterocycles. The van der Waals surface area contributed by atoms with Crippen molar-refractivity contribution in [1.82, 2.24) is 19.7 Å². The van der Waals surface area contributed by atoms with Crippen LogP contribution in [0.3, 0.4) is 0 Å². The fourth-order valence-corrected chi connectivity index (χ4v) is 2.65. The number of piperidine rings is 1. The van der Waals surface area contributed by atoms with E-state index in [1.54, 1.807) is 25.5 Å². The van der Waals surface area contributed by atoms with Gasteiger partial charge in [-0.05, 0) is 25.8 Å². The van der Waals surface area contributed by atoms with Crippen molar-refractivity contribution in [2.24, 2.45) is 7.05 Å². The fourth-order valence-electron chi connectivity index (χ4n) is 2.65. The summed E-state index contributed by atoms with van der Waals surface area (Å²) in [7, 11) is 1.68. The van der Waals surface area contributed by atoms with Gasteiger partial charge in [0.1, 0.15) is 18.0 Å². The molecule has 7 nitrogen and oxygen atoms in total. The van der Waals surface area contributed by atoms with Gasteiger partial charge in [0.15, 0.2) is 0 Å². The second-order valence-electron chi connectivity index (χ2n) is 5.60. The van der Waals surface area contributed by atoms with Gasteiger partial charge in [0, 0.05) is 44.0 Å². The Balaban J connectivity index is 1.60. The molecule has 3 rings (SSSR count). The summed E-state index contributed by atoms with van der Waals surface area (Å²) in [4.78, 5) is 22.0. The van der Waals surface area contributed by atoms with E-state index < -0.39 is 0 Å². The Morgan fingerprint density at radius 1 is 1.23 bits per heavy atom. The second kappa shape index (κ2) is 6.13. The minimum absolute atomic E-state index is 0.0839. The SMILES string of the molecule is Cc1cc(NC2CCN(c3ccc(=O)n(C)n3)CC2)ncn1. The van der Waals surface area contributed by atoms with Crippen LogP contribution in [-0.4, -0.2) is 38.9 Å². The van der Waals surface area contributed by atoms with E-state index >= 15 is 0 Å². The molecule has 116 valence electrons. The Labute approximate surface area is 129 Å². The molecule has 1 aliphatic heterocycles. The maximum Gasteiger partial charge on any atom is 0.266 e. The first-order valence-corrected chi connectivity index (χ1v) is 7.46. The molecule has 1 N–H and O–H groups in total. The zero-order valence-electron chi connectivity index (χ0n) is 12.9. The van der Waals surface area contributed by atoms with Gasteiger partial charge in [0.2, 0.25) is 0 Å². The van der Waals surface area contributed by atoms with Gasteiger partial charge < -0.3 is 10.2 Å². The molecule has 22 heavy (non-hydrogen) atoms. The highest BCUT2D eigenvalue weighted by Crippen LogP contribution is 2.19. The van der Waals surface area contributed by atoms with Crippen LogP contribution in [0, 0.1) is 6.92 Å². The van der Waals surface area contributed by atoms with Crippen LogP contribution in [-0.2, 0) is 7.05 Å². The lowest BCUT2D eigenvalue weighted by atomic mass is 10.1. The molecule has 0 unspecified atom stereocenters. The zero-order valence-corrected chi connectivity index (χ0v) is 12.9. The average Bonchev–Trinajstić information content (AvgIpc) is 2.51. The molecule has 1 aliphatic rings. The van der Waals surface area contributed by atoms with E-state index in [-0.39, 0.29) is 5.56 Å². The number of nitrogens with zero attached hydrogens (tertiary/aromatic N) is 5. The third-order valence-corrected chi connectivity index (χ3v) is 3.92. The van der Waals surface area contributed by atoms with E-state index in [2.05, 4.69) is 25.3 Å². The Bertz CT molecular complexity index is 705. The van der Waals surface area contributed by atoms with Crippen molar-refractivity contribution in [1.29, 1.82) is 0 Å². The van der Waals surface area contributed by atoms with Gasteiger partial charge in [-0.3, -0.25) is 4.79 Å². The van der Waals surface area contributed by atoms with Crippen molar-refractivity contribution in [2.45, 2.75) is 25.8 Å². The van der Waals surface area contributed by atoms with E-state index in [0.29, 0.717) is 6.04 Å². The van der Waals surface area contributed by atoms with Crippen molar-refractivity contribution in [2.75, 3.05) is 23.3 Å². The van der Waals surface area contributed by atoms with Gasteiger partial charge in [-0.1, -0.05) is 0 Å². The van der Waals surface area contributed by atoms with Crippen LogP contribution >= 0.6 is 0 Å². The topological polar surface area (TPSA) is 75.9 Å². The summed E-state index contributed by atoms with van der Waals surface area (Å²) < 4.78 is 1.38. The van der Waals surface area contributed by atoms with Crippen LogP contribution in [0.4, 0.5) is 11.6 Å². The van der Waals surface area contributed by atoms with Gasteiger partial charge in [-0.2, -0.15) is 5.10 Å². The molecule has 1 fully saturated rings. The Morgan fingerprint density at radius 2 is 2.00 bits per heavy atom. The van der Waals surface area contributed by atoms with Crippen molar-refractivity contribution in [3.05, 3.63) is 40.6 Å². The lowest BCUT2D eigenvalue weighted by Crippen LogP contribution is -2.40. The van der Waals surface area contributed by atoms with Crippen LogP contribution in [0.25, 0.3) is 0 Å². The molecular weight excluding hydrogens is 280 g/mol. The van der Waals surface area contributed by atoms with E-state index in [9.17, 15) is 4.79 Å². The molecule has 0 amide bonds. The molecule has 0 aromatic carbocycles. The molecule has 0 atom stereocenters. The highest BCUT2D eigenvalue weighted by molar-refractivity contribution is 5.39. The minimum atomic E-state index is -0.0839. The van der Waals surface area contributed by atoms with Crippen molar-refractivity contribution in [3.63, 3.8) is 0 Å². The summed E-state index contributed by atoms with van der Waals surface area (Å²) in [6.45, 7) is 3.78. The first-order chi connectivity index (χ1) is 10.6. The van der Waals surface area contributed by atoms with Gasteiger partial charge >= 0.3 is 0 Å². The average molecular weight is 300 g/mol. The Kier molecular flexibility index (Phi) is 4.04. The molecule has 0 aliphatic carbocycles. The molecule has 7 heteroatoms. The van der Waals surface area contributed by atoms with Crippen LogP contribution in [0.2, 0.25) is 0 Å². The molecule has 1 saturated heterocycles. The molecule has 0 spiro atoms. The predicted octanol–water partition coefficient (Wildman–Crippen LogP) is 0.960. The third-order valence-electron chi connectivity index (χ3n) is 3.92. The molecule has 2 aromatic rings. The lowest BCUT2D eigenvalue weighted by Gasteiger charge is -2.33. The highest BCUT2D eigenvalue weighted by atomic mass is 16.1. The van der Waals surface area contributed by atoms with Gasteiger partial charge in [0.25, 0.3) is 5.56 Å². The van der Waals surface area contributed by atoms with Crippen molar-refractivity contribution >= 4 is 11.6 Å². The number of rotatable bonds is 3. The number of anilines is 2. The lowest BCUT2D eigenvalue weighted by molar-refractivity contribution is 0.517. The Hall–Kier alpha value is -2.44. The third kappa shape index (κ3) is 3.24. The minimum Gasteiger partial charge on any atom is -0.367 e. The van der Waals surface area contributed by atoms with Crippen LogP contribution in [0.5, 0.6) is 0 Å². The molecule has 3 heterocycles. The molecule has 0 bridgehead atoms. The quantitative estimate of drug-likeness (QED) is 0.910. The first kappa shape index (κ1) is 14.5. The predicted molar refractivity (Wildman–Crippen MR) is 85.1 cm³/mol. The maximum atomic E-state index is 11.4. The summed E-state index contributed by atoms with van der Waals surface area (Å²) in [5, 5.41) is 7.77.